The molecule has 0 aliphatic heterocycles. The molecule has 1 heterocycles. The van der Waals surface area contributed by atoms with Crippen LogP contribution in [-0.2, 0) is 22.9 Å². The lowest BCUT2D eigenvalue weighted by Crippen LogP contribution is -2.33. The number of hydrogen-bond donors (Lipinski definition) is 1. The second-order valence-corrected chi connectivity index (χ2v) is 7.60. The SMILES string of the molecule is O=C(NS(=O)(=O)CCc1ccccc1)c1coc(CC2CC2)n1. The first-order chi connectivity index (χ1) is 11.0. The molecule has 2 aromatic rings. The van der Waals surface area contributed by atoms with E-state index in [1.807, 2.05) is 35.1 Å². The number of carbonyl (C=O) groups excluding carboxylic acids is 1. The molecule has 0 saturated heterocycles. The van der Waals surface area contributed by atoms with Gasteiger partial charge < -0.3 is 4.42 Å². The Morgan fingerprint density at radius 3 is 2.70 bits per heavy atom. The molecular weight excluding hydrogens is 316 g/mol. The number of carbonyl (C=O) groups is 1. The van der Waals surface area contributed by atoms with Crippen LogP contribution in [0.3, 0.4) is 0 Å². The molecule has 3 rings (SSSR count). The molecule has 1 aromatic carbocycles. The van der Waals surface area contributed by atoms with Gasteiger partial charge in [0.25, 0.3) is 5.91 Å². The van der Waals surface area contributed by atoms with Crippen LogP contribution in [-0.4, -0.2) is 25.1 Å². The van der Waals surface area contributed by atoms with Crippen LogP contribution in [0.1, 0.15) is 34.8 Å². The van der Waals surface area contributed by atoms with E-state index in [-0.39, 0.29) is 11.4 Å². The summed E-state index contributed by atoms with van der Waals surface area (Å²) < 4.78 is 31.2. The first-order valence-electron chi connectivity index (χ1n) is 7.55. The molecule has 1 amide bonds. The molecule has 122 valence electrons. The van der Waals surface area contributed by atoms with Gasteiger partial charge in [0.1, 0.15) is 6.26 Å². The number of hydrogen-bond acceptors (Lipinski definition) is 5. The molecule has 6 nitrogen and oxygen atoms in total. The maximum atomic E-state index is 12.0. The largest absolute Gasteiger partial charge is 0.448 e. The van der Waals surface area contributed by atoms with Crippen molar-refractivity contribution in [2.75, 3.05) is 5.75 Å². The third-order valence-electron chi connectivity index (χ3n) is 3.70. The Morgan fingerprint density at radius 1 is 1.26 bits per heavy atom. The molecule has 0 radical (unpaired) electrons. The lowest BCUT2D eigenvalue weighted by atomic mass is 10.2. The van der Waals surface area contributed by atoms with Gasteiger partial charge in [0, 0.05) is 6.42 Å². The van der Waals surface area contributed by atoms with E-state index >= 15 is 0 Å². The van der Waals surface area contributed by atoms with E-state index in [9.17, 15) is 13.2 Å². The van der Waals surface area contributed by atoms with Gasteiger partial charge in [0.05, 0.1) is 5.75 Å². The Hall–Kier alpha value is -2.15. The topological polar surface area (TPSA) is 89.3 Å². The van der Waals surface area contributed by atoms with E-state index in [0.717, 1.165) is 18.4 Å². The van der Waals surface area contributed by atoms with E-state index in [0.29, 0.717) is 24.7 Å². The Morgan fingerprint density at radius 2 is 2.00 bits per heavy atom. The Kier molecular flexibility index (Phi) is 4.47. The van der Waals surface area contributed by atoms with E-state index in [4.69, 9.17) is 4.42 Å². The summed E-state index contributed by atoms with van der Waals surface area (Å²) in [7, 11) is -3.71. The van der Waals surface area contributed by atoms with Gasteiger partial charge in [-0.2, -0.15) is 0 Å². The normalized spacial score (nSPS) is 14.6. The van der Waals surface area contributed by atoms with Crippen molar-refractivity contribution < 1.29 is 17.6 Å². The second-order valence-electron chi connectivity index (χ2n) is 5.76. The highest BCUT2D eigenvalue weighted by atomic mass is 32.2. The number of nitrogens with zero attached hydrogens (tertiary/aromatic N) is 1. The number of nitrogens with one attached hydrogen (secondary N) is 1. The second kappa shape index (κ2) is 6.54. The van der Waals surface area contributed by atoms with Crippen LogP contribution < -0.4 is 4.72 Å². The van der Waals surface area contributed by atoms with Crippen LogP contribution in [0.4, 0.5) is 0 Å². The number of aryl methyl sites for hydroxylation is 1. The zero-order valence-corrected chi connectivity index (χ0v) is 13.4. The molecule has 1 fully saturated rings. The van der Waals surface area contributed by atoms with Crippen LogP contribution in [0.15, 0.2) is 41.0 Å². The molecule has 0 spiro atoms. The van der Waals surface area contributed by atoms with Gasteiger partial charge in [-0.15, -0.1) is 0 Å². The third-order valence-corrected chi connectivity index (χ3v) is 4.93. The van der Waals surface area contributed by atoms with Crippen LogP contribution in [0, 0.1) is 5.92 Å². The highest BCUT2D eigenvalue weighted by Gasteiger charge is 2.25. The molecule has 23 heavy (non-hydrogen) atoms. The van der Waals surface area contributed by atoms with Crippen molar-refractivity contribution in [3.05, 3.63) is 53.7 Å². The maximum Gasteiger partial charge on any atom is 0.286 e. The zero-order chi connectivity index (χ0) is 16.3. The number of amides is 1. The molecule has 1 aliphatic carbocycles. The molecular formula is C16H18N2O4S. The van der Waals surface area contributed by atoms with Crippen molar-refractivity contribution in [2.24, 2.45) is 5.92 Å². The lowest BCUT2D eigenvalue weighted by molar-refractivity contribution is 0.0976. The number of rotatable bonds is 7. The molecule has 1 aliphatic rings. The first-order valence-corrected chi connectivity index (χ1v) is 9.20. The molecule has 0 atom stereocenters. The monoisotopic (exact) mass is 334 g/mol. The summed E-state index contributed by atoms with van der Waals surface area (Å²) in [6.07, 6.45) is 4.55. The van der Waals surface area contributed by atoms with Crippen molar-refractivity contribution >= 4 is 15.9 Å². The summed E-state index contributed by atoms with van der Waals surface area (Å²) in [5, 5.41) is 0. The highest BCUT2D eigenvalue weighted by molar-refractivity contribution is 7.90. The van der Waals surface area contributed by atoms with Gasteiger partial charge in [0.2, 0.25) is 10.0 Å². The van der Waals surface area contributed by atoms with Crippen molar-refractivity contribution in [3.63, 3.8) is 0 Å². The molecule has 0 unspecified atom stereocenters. The fourth-order valence-electron chi connectivity index (χ4n) is 2.22. The summed E-state index contributed by atoms with van der Waals surface area (Å²) in [6, 6.07) is 9.25. The van der Waals surface area contributed by atoms with Crippen molar-refractivity contribution in [3.8, 4) is 0 Å². The van der Waals surface area contributed by atoms with E-state index in [1.54, 1.807) is 0 Å². The average Bonchev–Trinajstić information content (AvgIpc) is 3.21. The summed E-state index contributed by atoms with van der Waals surface area (Å²) >= 11 is 0. The van der Waals surface area contributed by atoms with Crippen molar-refractivity contribution in [1.82, 2.24) is 9.71 Å². The van der Waals surface area contributed by atoms with Crippen LogP contribution in [0.25, 0.3) is 0 Å². The number of benzene rings is 1. The minimum Gasteiger partial charge on any atom is -0.448 e. The highest BCUT2D eigenvalue weighted by Crippen LogP contribution is 2.32. The summed E-state index contributed by atoms with van der Waals surface area (Å²) in [6.45, 7) is 0. The number of sulfonamides is 1. The molecule has 1 N–H and O–H groups in total. The van der Waals surface area contributed by atoms with E-state index in [2.05, 4.69) is 4.98 Å². The third kappa shape index (κ3) is 4.66. The number of aromatic nitrogens is 1. The quantitative estimate of drug-likeness (QED) is 0.835. The van der Waals surface area contributed by atoms with Crippen LogP contribution in [0.5, 0.6) is 0 Å². The minimum atomic E-state index is -3.71. The maximum absolute atomic E-state index is 12.0. The average molecular weight is 334 g/mol. The number of oxazole rings is 1. The first kappa shape index (κ1) is 15.7. The Bertz CT molecular complexity index is 779. The molecule has 1 saturated carbocycles. The standard InChI is InChI=1S/C16H18N2O4S/c19-16(14-11-22-15(17-14)10-13-6-7-13)18-23(20,21)9-8-12-4-2-1-3-5-12/h1-5,11,13H,6-10H2,(H,18,19). The fraction of sp³-hybridized carbons (Fsp3) is 0.375. The van der Waals surface area contributed by atoms with Crippen LogP contribution in [0.2, 0.25) is 0 Å². The summed E-state index contributed by atoms with van der Waals surface area (Å²) in [5.41, 5.74) is 0.905. The molecule has 1 aromatic heterocycles. The molecule has 7 heteroatoms. The van der Waals surface area contributed by atoms with Crippen LogP contribution >= 0.6 is 0 Å². The summed E-state index contributed by atoms with van der Waals surface area (Å²) in [4.78, 5) is 16.0. The Labute approximate surface area is 135 Å². The summed E-state index contributed by atoms with van der Waals surface area (Å²) in [5.74, 6) is 0.164. The predicted molar refractivity (Wildman–Crippen MR) is 84.3 cm³/mol. The lowest BCUT2D eigenvalue weighted by Gasteiger charge is -2.05. The van der Waals surface area contributed by atoms with Crippen molar-refractivity contribution in [1.29, 1.82) is 0 Å². The minimum absolute atomic E-state index is 0.00364. The molecule has 0 bridgehead atoms. The van der Waals surface area contributed by atoms with Gasteiger partial charge in [-0.3, -0.25) is 4.79 Å². The van der Waals surface area contributed by atoms with Gasteiger partial charge in [-0.25, -0.2) is 18.1 Å². The van der Waals surface area contributed by atoms with Crippen molar-refractivity contribution in [2.45, 2.75) is 25.7 Å². The van der Waals surface area contributed by atoms with E-state index in [1.165, 1.54) is 6.26 Å². The van der Waals surface area contributed by atoms with Gasteiger partial charge >= 0.3 is 0 Å². The van der Waals surface area contributed by atoms with E-state index < -0.39 is 15.9 Å². The predicted octanol–water partition coefficient (Wildman–Crippen LogP) is 1.93. The van der Waals surface area contributed by atoms with Gasteiger partial charge in [0.15, 0.2) is 11.6 Å². The Balaban J connectivity index is 1.56. The smallest absolute Gasteiger partial charge is 0.286 e. The zero-order valence-electron chi connectivity index (χ0n) is 12.6. The fourth-order valence-corrected chi connectivity index (χ4v) is 3.21. The van der Waals surface area contributed by atoms with Gasteiger partial charge in [-0.1, -0.05) is 30.3 Å². The van der Waals surface area contributed by atoms with Gasteiger partial charge in [-0.05, 0) is 30.7 Å².